The Morgan fingerprint density at radius 1 is 1.04 bits per heavy atom. The summed E-state index contributed by atoms with van der Waals surface area (Å²) in [6.45, 7) is 0.00689. The lowest BCUT2D eigenvalue weighted by atomic mass is 9.94. The number of benzene rings is 2. The van der Waals surface area contributed by atoms with Crippen molar-refractivity contribution in [2.45, 2.75) is 24.9 Å². The predicted octanol–water partition coefficient (Wildman–Crippen LogP) is 2.79. The Morgan fingerprint density at radius 3 is 2.62 bits per heavy atom. The van der Waals surface area contributed by atoms with E-state index in [1.807, 2.05) is 42.5 Å². The highest BCUT2D eigenvalue weighted by Crippen LogP contribution is 2.39. The monoisotopic (exact) mass is 348 g/mol. The van der Waals surface area contributed by atoms with Gasteiger partial charge in [0.05, 0.1) is 12.5 Å². The second-order valence-corrected chi connectivity index (χ2v) is 6.72. The van der Waals surface area contributed by atoms with Crippen LogP contribution in [-0.2, 0) is 6.61 Å². The summed E-state index contributed by atoms with van der Waals surface area (Å²) >= 11 is 0. The van der Waals surface area contributed by atoms with E-state index in [0.29, 0.717) is 5.56 Å². The van der Waals surface area contributed by atoms with Crippen molar-refractivity contribution in [1.82, 2.24) is 0 Å². The van der Waals surface area contributed by atoms with Crippen molar-refractivity contribution in [3.8, 4) is 0 Å². The lowest BCUT2D eigenvalue weighted by molar-refractivity contribution is -0.318. The minimum atomic E-state index is -2.75. The van der Waals surface area contributed by atoms with Gasteiger partial charge in [-0.05, 0) is 51.5 Å². The predicted molar refractivity (Wildman–Crippen MR) is 101 cm³/mol. The van der Waals surface area contributed by atoms with Crippen LogP contribution in [0.15, 0.2) is 60.7 Å². The van der Waals surface area contributed by atoms with Crippen LogP contribution in [0.1, 0.15) is 40.2 Å². The van der Waals surface area contributed by atoms with E-state index in [9.17, 15) is 20.4 Å². The van der Waals surface area contributed by atoms with Gasteiger partial charge in [0, 0.05) is 0 Å². The average Bonchev–Trinajstić information content (AvgIpc) is 3.27. The SMILES string of the molecule is OCc1ccccc1C1=CCC(c2ccc3c(c2)C=CC3C(O)(O)O)=C1. The van der Waals surface area contributed by atoms with Crippen molar-refractivity contribution < 1.29 is 20.4 Å². The molecule has 4 N–H and O–H groups in total. The summed E-state index contributed by atoms with van der Waals surface area (Å²) in [5, 5.41) is 38.0. The first-order valence-corrected chi connectivity index (χ1v) is 8.57. The molecule has 4 rings (SSSR count). The second-order valence-electron chi connectivity index (χ2n) is 6.72. The molecule has 0 aromatic heterocycles. The molecule has 0 saturated heterocycles. The third kappa shape index (κ3) is 2.93. The molecule has 1 unspecified atom stereocenters. The first kappa shape index (κ1) is 16.9. The molecule has 4 nitrogen and oxygen atoms in total. The lowest BCUT2D eigenvalue weighted by Crippen LogP contribution is -2.33. The van der Waals surface area contributed by atoms with Crippen LogP contribution in [0.2, 0.25) is 0 Å². The fourth-order valence-electron chi connectivity index (χ4n) is 3.70. The topological polar surface area (TPSA) is 80.9 Å². The zero-order valence-electron chi connectivity index (χ0n) is 14.1. The Bertz CT molecular complexity index is 945. The molecule has 2 aliphatic carbocycles. The van der Waals surface area contributed by atoms with Gasteiger partial charge in [-0.1, -0.05) is 60.7 Å². The number of hydrogen-bond acceptors (Lipinski definition) is 4. The van der Waals surface area contributed by atoms with Crippen LogP contribution in [0, 0.1) is 0 Å². The van der Waals surface area contributed by atoms with Crippen LogP contribution < -0.4 is 0 Å². The van der Waals surface area contributed by atoms with E-state index in [4.69, 9.17) is 0 Å². The van der Waals surface area contributed by atoms with Gasteiger partial charge in [0.15, 0.2) is 0 Å². The van der Waals surface area contributed by atoms with Gasteiger partial charge in [-0.3, -0.25) is 0 Å². The smallest absolute Gasteiger partial charge is 0.286 e. The van der Waals surface area contributed by atoms with Crippen molar-refractivity contribution >= 4 is 17.2 Å². The Kier molecular flexibility index (Phi) is 4.13. The number of hydrogen-bond donors (Lipinski definition) is 4. The van der Waals surface area contributed by atoms with Crippen LogP contribution in [0.4, 0.5) is 0 Å². The third-order valence-electron chi connectivity index (χ3n) is 5.05. The highest BCUT2D eigenvalue weighted by atomic mass is 16.7. The molecule has 0 amide bonds. The molecule has 1 atom stereocenters. The maximum atomic E-state index is 9.54. The summed E-state index contributed by atoms with van der Waals surface area (Å²) < 4.78 is 0. The van der Waals surface area contributed by atoms with Crippen LogP contribution >= 0.6 is 0 Å². The summed E-state index contributed by atoms with van der Waals surface area (Å²) in [5.41, 5.74) is 6.83. The molecule has 132 valence electrons. The Hall–Kier alpha value is -2.50. The van der Waals surface area contributed by atoms with Gasteiger partial charge >= 0.3 is 0 Å². The Labute approximate surface area is 151 Å². The van der Waals surface area contributed by atoms with Gasteiger partial charge in [0.25, 0.3) is 5.97 Å². The standard InChI is InChI=1S/C22H20O4/c23-13-18-3-1-2-4-19(18)16-6-5-14(11-16)15-7-9-20-17(12-15)8-10-21(20)22(24,25)26/h1-4,6-12,21,23-26H,5,13H2. The normalized spacial score (nSPS) is 18.7. The zero-order chi connectivity index (χ0) is 18.3. The molecule has 0 radical (unpaired) electrons. The molecule has 26 heavy (non-hydrogen) atoms. The van der Waals surface area contributed by atoms with Crippen molar-refractivity contribution in [2.75, 3.05) is 0 Å². The van der Waals surface area contributed by atoms with Crippen LogP contribution in [0.5, 0.6) is 0 Å². The van der Waals surface area contributed by atoms with E-state index < -0.39 is 11.9 Å². The molecule has 4 heteroatoms. The molecule has 2 aromatic carbocycles. The minimum Gasteiger partial charge on any atom is -0.392 e. The number of aliphatic hydroxyl groups excluding tert-OH is 1. The van der Waals surface area contributed by atoms with Gasteiger partial charge in [0.1, 0.15) is 0 Å². The van der Waals surface area contributed by atoms with Crippen molar-refractivity contribution in [3.05, 3.63) is 88.5 Å². The number of aliphatic hydroxyl groups is 4. The fraction of sp³-hybridized carbons (Fsp3) is 0.182. The third-order valence-corrected chi connectivity index (χ3v) is 5.05. The summed E-state index contributed by atoms with van der Waals surface area (Å²) in [7, 11) is 0. The summed E-state index contributed by atoms with van der Waals surface area (Å²) in [6.07, 6.45) is 8.46. The molecule has 0 aliphatic heterocycles. The van der Waals surface area contributed by atoms with E-state index in [-0.39, 0.29) is 6.61 Å². The number of allylic oxidation sites excluding steroid dienone is 4. The summed E-state index contributed by atoms with van der Waals surface area (Å²) in [6, 6.07) is 13.6. The van der Waals surface area contributed by atoms with E-state index in [2.05, 4.69) is 12.2 Å². The second kappa shape index (κ2) is 6.34. The summed E-state index contributed by atoms with van der Waals surface area (Å²) in [5.74, 6) is -3.59. The largest absolute Gasteiger partial charge is 0.392 e. The molecule has 0 spiro atoms. The fourth-order valence-corrected chi connectivity index (χ4v) is 3.70. The molecular weight excluding hydrogens is 328 g/mol. The van der Waals surface area contributed by atoms with Crippen LogP contribution in [0.25, 0.3) is 17.2 Å². The highest BCUT2D eigenvalue weighted by molar-refractivity contribution is 5.90. The average molecular weight is 348 g/mol. The number of fused-ring (bicyclic) bond motifs is 1. The van der Waals surface area contributed by atoms with Crippen LogP contribution in [-0.4, -0.2) is 26.4 Å². The Balaban J connectivity index is 1.64. The maximum Gasteiger partial charge on any atom is 0.286 e. The van der Waals surface area contributed by atoms with Gasteiger partial charge in [-0.15, -0.1) is 0 Å². The minimum absolute atomic E-state index is 0.00689. The van der Waals surface area contributed by atoms with Gasteiger partial charge in [0.2, 0.25) is 0 Å². The van der Waals surface area contributed by atoms with E-state index in [1.165, 1.54) is 0 Å². The first-order chi connectivity index (χ1) is 12.5. The van der Waals surface area contributed by atoms with Gasteiger partial charge in [-0.25, -0.2) is 0 Å². The van der Waals surface area contributed by atoms with E-state index in [0.717, 1.165) is 39.8 Å². The van der Waals surface area contributed by atoms with Gasteiger partial charge in [-0.2, -0.15) is 0 Å². The van der Waals surface area contributed by atoms with Crippen molar-refractivity contribution in [1.29, 1.82) is 0 Å². The quantitative estimate of drug-likeness (QED) is 0.641. The summed E-state index contributed by atoms with van der Waals surface area (Å²) in [4.78, 5) is 0. The van der Waals surface area contributed by atoms with E-state index >= 15 is 0 Å². The molecule has 0 fully saturated rings. The molecule has 0 saturated carbocycles. The lowest BCUT2D eigenvalue weighted by Gasteiger charge is -2.22. The van der Waals surface area contributed by atoms with Gasteiger partial charge < -0.3 is 20.4 Å². The van der Waals surface area contributed by atoms with Crippen molar-refractivity contribution in [2.24, 2.45) is 0 Å². The Morgan fingerprint density at radius 2 is 1.85 bits per heavy atom. The van der Waals surface area contributed by atoms with Crippen LogP contribution in [0.3, 0.4) is 0 Å². The molecule has 0 heterocycles. The van der Waals surface area contributed by atoms with E-state index in [1.54, 1.807) is 12.2 Å². The molecule has 2 aliphatic rings. The van der Waals surface area contributed by atoms with Crippen molar-refractivity contribution in [3.63, 3.8) is 0 Å². The molecule has 0 bridgehead atoms. The molecular formula is C22H20O4. The number of rotatable bonds is 4. The first-order valence-electron chi connectivity index (χ1n) is 8.57. The maximum absolute atomic E-state index is 9.54. The highest BCUT2D eigenvalue weighted by Gasteiger charge is 2.35. The zero-order valence-corrected chi connectivity index (χ0v) is 14.1. The molecule has 2 aromatic rings.